The number of aryl methyl sites for hydroxylation is 1. The highest BCUT2D eigenvalue weighted by atomic mass is 16.5. The largest absolute Gasteiger partial charge is 0.481 e. The monoisotopic (exact) mass is 235 g/mol. The average Bonchev–Trinajstić information content (AvgIpc) is 2.57. The molecule has 1 atom stereocenters. The number of ether oxygens (including phenoxy) is 1. The maximum absolute atomic E-state index is 5.15. The Bertz CT molecular complexity index is 404. The molecule has 2 rings (SSSR count). The third kappa shape index (κ3) is 3.08. The van der Waals surface area contributed by atoms with Crippen LogP contribution in [0.1, 0.15) is 38.9 Å². The van der Waals surface area contributed by atoms with Crippen molar-refractivity contribution in [1.82, 2.24) is 9.97 Å². The normalized spacial score (nSPS) is 22.5. The average molecular weight is 235 g/mol. The molecule has 4 nitrogen and oxygen atoms in total. The van der Waals surface area contributed by atoms with Crippen LogP contribution in [0, 0.1) is 12.3 Å². The third-order valence-corrected chi connectivity index (χ3v) is 3.34. The SMILES string of the molecule is COc1cc(NC2CCC(C)(C)C2)nc(C)n1. The molecule has 17 heavy (non-hydrogen) atoms. The summed E-state index contributed by atoms with van der Waals surface area (Å²) >= 11 is 0. The zero-order valence-electron chi connectivity index (χ0n) is 11.1. The molecule has 0 saturated heterocycles. The quantitative estimate of drug-likeness (QED) is 0.875. The predicted octanol–water partition coefficient (Wildman–Crippen LogP) is 2.78. The fourth-order valence-electron chi connectivity index (χ4n) is 2.49. The second kappa shape index (κ2) is 4.51. The molecule has 1 unspecified atom stereocenters. The Kier molecular flexibility index (Phi) is 3.22. The van der Waals surface area contributed by atoms with Gasteiger partial charge in [0.05, 0.1) is 7.11 Å². The highest BCUT2D eigenvalue weighted by Crippen LogP contribution is 2.38. The van der Waals surface area contributed by atoms with E-state index in [4.69, 9.17) is 4.74 Å². The maximum Gasteiger partial charge on any atom is 0.218 e. The van der Waals surface area contributed by atoms with E-state index in [1.54, 1.807) is 7.11 Å². The van der Waals surface area contributed by atoms with Gasteiger partial charge in [0.2, 0.25) is 5.88 Å². The molecule has 4 heteroatoms. The van der Waals surface area contributed by atoms with Crippen LogP contribution in [0.3, 0.4) is 0 Å². The Morgan fingerprint density at radius 2 is 2.18 bits per heavy atom. The minimum absolute atomic E-state index is 0.448. The number of nitrogens with zero attached hydrogens (tertiary/aromatic N) is 2. The maximum atomic E-state index is 5.15. The van der Waals surface area contributed by atoms with E-state index < -0.39 is 0 Å². The molecule has 1 aliphatic carbocycles. The van der Waals surface area contributed by atoms with Gasteiger partial charge in [-0.3, -0.25) is 0 Å². The van der Waals surface area contributed by atoms with Crippen LogP contribution in [0.4, 0.5) is 5.82 Å². The third-order valence-electron chi connectivity index (χ3n) is 3.34. The standard InChI is InChI=1S/C13H21N3O/c1-9-14-11(7-12(15-9)17-4)16-10-5-6-13(2,3)8-10/h7,10H,5-6,8H2,1-4H3,(H,14,15,16). The van der Waals surface area contributed by atoms with Crippen LogP contribution in [0.2, 0.25) is 0 Å². The van der Waals surface area contributed by atoms with E-state index in [0.717, 1.165) is 11.6 Å². The zero-order valence-corrected chi connectivity index (χ0v) is 11.1. The van der Waals surface area contributed by atoms with E-state index in [1.165, 1.54) is 19.3 Å². The fourth-order valence-corrected chi connectivity index (χ4v) is 2.49. The molecule has 1 aromatic rings. The molecule has 0 bridgehead atoms. The van der Waals surface area contributed by atoms with Crippen LogP contribution in [0.15, 0.2) is 6.07 Å². The first kappa shape index (κ1) is 12.1. The molecule has 1 heterocycles. The molecule has 0 aromatic carbocycles. The highest BCUT2D eigenvalue weighted by molar-refractivity contribution is 5.39. The Labute approximate surface area is 103 Å². The molecule has 0 aliphatic heterocycles. The Hall–Kier alpha value is -1.32. The lowest BCUT2D eigenvalue weighted by atomic mass is 9.92. The van der Waals surface area contributed by atoms with E-state index >= 15 is 0 Å². The van der Waals surface area contributed by atoms with Gasteiger partial charge in [0.15, 0.2) is 0 Å². The first-order valence-corrected chi connectivity index (χ1v) is 6.15. The molecular formula is C13H21N3O. The molecular weight excluding hydrogens is 214 g/mol. The summed E-state index contributed by atoms with van der Waals surface area (Å²) in [4.78, 5) is 8.57. The molecule has 0 spiro atoms. The zero-order chi connectivity index (χ0) is 12.5. The van der Waals surface area contributed by atoms with Crippen molar-refractivity contribution in [3.8, 4) is 5.88 Å². The minimum atomic E-state index is 0.448. The van der Waals surface area contributed by atoms with Gasteiger partial charge < -0.3 is 10.1 Å². The molecule has 1 N–H and O–H groups in total. The molecule has 1 aliphatic rings. The number of hydrogen-bond acceptors (Lipinski definition) is 4. The second-order valence-electron chi connectivity index (χ2n) is 5.59. The smallest absolute Gasteiger partial charge is 0.218 e. The lowest BCUT2D eigenvalue weighted by molar-refractivity contribution is 0.378. The van der Waals surface area contributed by atoms with Crippen molar-refractivity contribution < 1.29 is 4.74 Å². The van der Waals surface area contributed by atoms with E-state index in [2.05, 4.69) is 29.1 Å². The summed E-state index contributed by atoms with van der Waals surface area (Å²) in [5.41, 5.74) is 0.448. The van der Waals surface area contributed by atoms with Gasteiger partial charge in [0.25, 0.3) is 0 Å². The van der Waals surface area contributed by atoms with Gasteiger partial charge >= 0.3 is 0 Å². The van der Waals surface area contributed by atoms with Gasteiger partial charge in [-0.05, 0) is 31.6 Å². The Balaban J connectivity index is 2.06. The Morgan fingerprint density at radius 3 is 2.76 bits per heavy atom. The summed E-state index contributed by atoms with van der Waals surface area (Å²) in [5.74, 6) is 2.23. The van der Waals surface area contributed by atoms with Crippen molar-refractivity contribution in [1.29, 1.82) is 0 Å². The van der Waals surface area contributed by atoms with E-state index in [-0.39, 0.29) is 0 Å². The van der Waals surface area contributed by atoms with E-state index in [1.807, 2.05) is 13.0 Å². The highest BCUT2D eigenvalue weighted by Gasteiger charge is 2.30. The number of nitrogens with one attached hydrogen (secondary N) is 1. The van der Waals surface area contributed by atoms with Crippen molar-refractivity contribution in [2.24, 2.45) is 5.41 Å². The number of rotatable bonds is 3. The van der Waals surface area contributed by atoms with Crippen LogP contribution >= 0.6 is 0 Å². The first-order valence-electron chi connectivity index (χ1n) is 6.15. The van der Waals surface area contributed by atoms with Crippen LogP contribution in [0.25, 0.3) is 0 Å². The summed E-state index contributed by atoms with van der Waals surface area (Å²) in [7, 11) is 1.63. The van der Waals surface area contributed by atoms with Crippen LogP contribution < -0.4 is 10.1 Å². The summed E-state index contributed by atoms with van der Waals surface area (Å²) in [6.07, 6.45) is 3.67. The molecule has 94 valence electrons. The summed E-state index contributed by atoms with van der Waals surface area (Å²) in [6, 6.07) is 2.38. The van der Waals surface area contributed by atoms with Crippen LogP contribution in [-0.2, 0) is 0 Å². The molecule has 1 aromatic heterocycles. The second-order valence-corrected chi connectivity index (χ2v) is 5.59. The van der Waals surface area contributed by atoms with Gasteiger partial charge in [0, 0.05) is 12.1 Å². The number of aromatic nitrogens is 2. The minimum Gasteiger partial charge on any atom is -0.481 e. The van der Waals surface area contributed by atoms with Gasteiger partial charge in [-0.15, -0.1) is 0 Å². The number of methoxy groups -OCH3 is 1. The van der Waals surface area contributed by atoms with Crippen molar-refractivity contribution in [2.45, 2.75) is 46.1 Å². The molecule has 1 saturated carbocycles. The molecule has 0 radical (unpaired) electrons. The van der Waals surface area contributed by atoms with Gasteiger partial charge in [-0.2, -0.15) is 4.98 Å². The van der Waals surface area contributed by atoms with Crippen LogP contribution in [-0.4, -0.2) is 23.1 Å². The molecule has 1 fully saturated rings. The van der Waals surface area contributed by atoms with Crippen molar-refractivity contribution in [2.75, 3.05) is 12.4 Å². The number of anilines is 1. The van der Waals surface area contributed by atoms with Gasteiger partial charge in [-0.1, -0.05) is 13.8 Å². The fraction of sp³-hybridized carbons (Fsp3) is 0.692. The molecule has 0 amide bonds. The lowest BCUT2D eigenvalue weighted by Gasteiger charge is -2.18. The summed E-state index contributed by atoms with van der Waals surface area (Å²) in [6.45, 7) is 6.52. The van der Waals surface area contributed by atoms with Crippen molar-refractivity contribution >= 4 is 5.82 Å². The number of hydrogen-bond donors (Lipinski definition) is 1. The van der Waals surface area contributed by atoms with Crippen molar-refractivity contribution in [3.05, 3.63) is 11.9 Å². The summed E-state index contributed by atoms with van der Waals surface area (Å²) < 4.78 is 5.15. The van der Waals surface area contributed by atoms with Gasteiger partial charge in [-0.25, -0.2) is 4.98 Å². The topological polar surface area (TPSA) is 47.0 Å². The van der Waals surface area contributed by atoms with E-state index in [0.29, 0.717) is 17.3 Å². The predicted molar refractivity (Wildman–Crippen MR) is 68.4 cm³/mol. The Morgan fingerprint density at radius 1 is 1.41 bits per heavy atom. The van der Waals surface area contributed by atoms with Gasteiger partial charge in [0.1, 0.15) is 11.6 Å². The van der Waals surface area contributed by atoms with Crippen molar-refractivity contribution in [3.63, 3.8) is 0 Å². The van der Waals surface area contributed by atoms with E-state index in [9.17, 15) is 0 Å². The lowest BCUT2D eigenvalue weighted by Crippen LogP contribution is -2.18. The summed E-state index contributed by atoms with van der Waals surface area (Å²) in [5, 5.41) is 3.48. The first-order chi connectivity index (χ1) is 7.98. The van der Waals surface area contributed by atoms with Crippen LogP contribution in [0.5, 0.6) is 5.88 Å².